The Hall–Kier alpha value is -3.19. The first kappa shape index (κ1) is 23.5. The zero-order chi connectivity index (χ0) is 23.4. The van der Waals surface area contributed by atoms with E-state index in [0.717, 1.165) is 40.1 Å². The Bertz CT molecular complexity index is 1100. The van der Waals surface area contributed by atoms with Gasteiger partial charge >= 0.3 is 5.97 Å². The highest BCUT2D eigenvalue weighted by Gasteiger charge is 2.21. The summed E-state index contributed by atoms with van der Waals surface area (Å²) < 4.78 is 7.62. The van der Waals surface area contributed by atoms with Crippen LogP contribution in [0.4, 0.5) is 0 Å². The van der Waals surface area contributed by atoms with Gasteiger partial charge in [0.1, 0.15) is 6.61 Å². The molecule has 0 saturated carbocycles. The molecule has 32 heavy (non-hydrogen) atoms. The van der Waals surface area contributed by atoms with Gasteiger partial charge in [-0.25, -0.2) is 0 Å². The Morgan fingerprint density at radius 2 is 1.88 bits per heavy atom. The Balaban J connectivity index is 2.09. The van der Waals surface area contributed by atoms with Gasteiger partial charge in [-0.15, -0.1) is 5.10 Å². The molecule has 0 aliphatic heterocycles. The highest BCUT2D eigenvalue weighted by atomic mass is 16.5. The van der Waals surface area contributed by atoms with Crippen molar-refractivity contribution in [3.8, 4) is 17.0 Å². The van der Waals surface area contributed by atoms with E-state index in [0.29, 0.717) is 23.9 Å². The smallest absolute Gasteiger partial charge is 0.308 e. The van der Waals surface area contributed by atoms with Crippen molar-refractivity contribution in [3.63, 3.8) is 0 Å². The number of carbonyl (C=O) groups is 1. The van der Waals surface area contributed by atoms with Crippen LogP contribution in [0.5, 0.6) is 5.88 Å². The third-order valence-electron chi connectivity index (χ3n) is 5.40. The molecule has 3 rings (SSSR count). The van der Waals surface area contributed by atoms with Crippen LogP contribution in [0.3, 0.4) is 0 Å². The van der Waals surface area contributed by atoms with Gasteiger partial charge in [-0.2, -0.15) is 0 Å². The Morgan fingerprint density at radius 3 is 2.47 bits per heavy atom. The van der Waals surface area contributed by atoms with Crippen molar-refractivity contribution in [2.24, 2.45) is 18.7 Å². The topological polar surface area (TPSA) is 103 Å². The fraction of sp³-hybridized carbons (Fsp3) is 0.400. The molecule has 170 valence electrons. The van der Waals surface area contributed by atoms with Crippen LogP contribution in [0.1, 0.15) is 47.5 Å². The lowest BCUT2D eigenvalue weighted by Gasteiger charge is -2.21. The van der Waals surface area contributed by atoms with Crippen molar-refractivity contribution >= 4 is 5.97 Å². The number of nitrogens with two attached hydrogens (primary N) is 1. The van der Waals surface area contributed by atoms with Gasteiger partial charge in [-0.05, 0) is 42.9 Å². The van der Waals surface area contributed by atoms with Gasteiger partial charge in [-0.1, -0.05) is 43.7 Å². The first-order valence-corrected chi connectivity index (χ1v) is 10.8. The molecule has 2 heterocycles. The van der Waals surface area contributed by atoms with Gasteiger partial charge < -0.3 is 15.6 Å². The van der Waals surface area contributed by atoms with E-state index in [2.05, 4.69) is 50.1 Å². The maximum atomic E-state index is 11.2. The molecule has 0 fully saturated rings. The number of aryl methyl sites for hydroxylation is 3. The minimum atomic E-state index is -0.926. The molecule has 0 atom stereocenters. The summed E-state index contributed by atoms with van der Waals surface area (Å²) in [6, 6.07) is 8.37. The van der Waals surface area contributed by atoms with Crippen molar-refractivity contribution in [2.45, 2.75) is 53.7 Å². The molecular formula is C25H32N4O3. The average molecular weight is 437 g/mol. The van der Waals surface area contributed by atoms with Gasteiger partial charge in [0.25, 0.3) is 0 Å². The first-order valence-electron chi connectivity index (χ1n) is 10.8. The molecule has 0 spiro atoms. The van der Waals surface area contributed by atoms with E-state index >= 15 is 0 Å². The molecule has 3 N–H and O–H groups in total. The zero-order valence-electron chi connectivity index (χ0n) is 19.5. The lowest BCUT2D eigenvalue weighted by Crippen LogP contribution is -2.14. The van der Waals surface area contributed by atoms with Gasteiger partial charge in [0.15, 0.2) is 0 Å². The average Bonchev–Trinajstić information content (AvgIpc) is 3.05. The molecule has 7 heteroatoms. The molecule has 0 saturated heterocycles. The van der Waals surface area contributed by atoms with E-state index in [9.17, 15) is 9.90 Å². The number of carboxylic acids is 1. The predicted molar refractivity (Wildman–Crippen MR) is 124 cm³/mol. The third-order valence-corrected chi connectivity index (χ3v) is 5.40. The Morgan fingerprint density at radius 1 is 1.19 bits per heavy atom. The number of benzene rings is 1. The molecule has 0 bridgehead atoms. The number of carboxylic acid groups (broad SMARTS) is 1. The van der Waals surface area contributed by atoms with Crippen molar-refractivity contribution in [3.05, 3.63) is 64.1 Å². The van der Waals surface area contributed by atoms with Crippen molar-refractivity contribution in [1.82, 2.24) is 14.8 Å². The van der Waals surface area contributed by atoms with Crippen LogP contribution >= 0.6 is 0 Å². The van der Waals surface area contributed by atoms with E-state index < -0.39 is 5.97 Å². The number of aliphatic carboxylic acids is 1. The molecule has 0 unspecified atom stereocenters. The molecular weight excluding hydrogens is 404 g/mol. The van der Waals surface area contributed by atoms with Crippen molar-refractivity contribution in [2.75, 3.05) is 0 Å². The third kappa shape index (κ3) is 5.34. The number of hydrogen-bond donors (Lipinski definition) is 2. The van der Waals surface area contributed by atoms with Crippen molar-refractivity contribution < 1.29 is 14.6 Å². The SMILES string of the molecule is Cc1ccc(-c2c(COc3nn(C)cc3CC(=O)O)c(C)nc(CC(C)C)c2CN)cc1. The Labute approximate surface area is 189 Å². The number of aromatic nitrogens is 3. The maximum Gasteiger partial charge on any atom is 0.308 e. The van der Waals surface area contributed by atoms with E-state index in [1.165, 1.54) is 5.56 Å². The van der Waals surface area contributed by atoms with Gasteiger partial charge in [0, 0.05) is 42.3 Å². The Kier molecular flexibility index (Phi) is 7.30. The van der Waals surface area contributed by atoms with Gasteiger partial charge in [0.05, 0.1) is 6.42 Å². The lowest BCUT2D eigenvalue weighted by atomic mass is 9.90. The number of ether oxygens (including phenoxy) is 1. The largest absolute Gasteiger partial charge is 0.481 e. The highest BCUT2D eigenvalue weighted by Crippen LogP contribution is 2.33. The lowest BCUT2D eigenvalue weighted by molar-refractivity contribution is -0.136. The maximum absolute atomic E-state index is 11.2. The summed E-state index contributed by atoms with van der Waals surface area (Å²) in [7, 11) is 1.75. The van der Waals surface area contributed by atoms with Gasteiger partial charge in [-0.3, -0.25) is 14.5 Å². The standard InChI is InChI=1S/C25H32N4O3/c1-15(2)10-22-20(12-26)24(18-8-6-16(3)7-9-18)21(17(4)27-22)14-32-25-19(11-23(30)31)13-29(5)28-25/h6-9,13,15H,10-12,14,26H2,1-5H3,(H,30,31). The fourth-order valence-electron chi connectivity index (χ4n) is 3.93. The second kappa shape index (κ2) is 9.96. The van der Waals surface area contributed by atoms with Crippen LogP contribution in [0, 0.1) is 19.8 Å². The first-order chi connectivity index (χ1) is 15.2. The van der Waals surface area contributed by atoms with Crippen LogP contribution in [0.2, 0.25) is 0 Å². The van der Waals surface area contributed by atoms with E-state index in [-0.39, 0.29) is 13.0 Å². The van der Waals surface area contributed by atoms with E-state index in [4.69, 9.17) is 15.5 Å². The van der Waals surface area contributed by atoms with Crippen LogP contribution in [-0.2, 0) is 37.8 Å². The second-order valence-corrected chi connectivity index (χ2v) is 8.64. The van der Waals surface area contributed by atoms with Crippen LogP contribution < -0.4 is 10.5 Å². The molecule has 1 aromatic carbocycles. The summed E-state index contributed by atoms with van der Waals surface area (Å²) in [6.07, 6.45) is 2.37. The van der Waals surface area contributed by atoms with Crippen LogP contribution in [0.15, 0.2) is 30.5 Å². The molecule has 0 radical (unpaired) electrons. The molecule has 0 aliphatic rings. The zero-order valence-corrected chi connectivity index (χ0v) is 19.5. The molecule has 3 aromatic rings. The molecule has 0 amide bonds. The van der Waals surface area contributed by atoms with Crippen LogP contribution in [0.25, 0.3) is 11.1 Å². The van der Waals surface area contributed by atoms with Gasteiger partial charge in [0.2, 0.25) is 5.88 Å². The minimum absolute atomic E-state index is 0.146. The number of rotatable bonds is 9. The predicted octanol–water partition coefficient (Wildman–Crippen LogP) is 3.96. The summed E-state index contributed by atoms with van der Waals surface area (Å²) in [6.45, 7) is 8.98. The fourth-order valence-corrected chi connectivity index (χ4v) is 3.93. The summed E-state index contributed by atoms with van der Waals surface area (Å²) in [4.78, 5) is 16.1. The molecule has 2 aromatic heterocycles. The van der Waals surface area contributed by atoms with Crippen molar-refractivity contribution in [1.29, 1.82) is 0 Å². The summed E-state index contributed by atoms with van der Waals surface area (Å²) in [5.41, 5.74) is 13.9. The van der Waals surface area contributed by atoms with E-state index in [1.807, 2.05) is 6.92 Å². The summed E-state index contributed by atoms with van der Waals surface area (Å²) in [5, 5.41) is 13.5. The number of nitrogens with zero attached hydrogens (tertiary/aromatic N) is 3. The number of pyridine rings is 1. The molecule has 0 aliphatic carbocycles. The van der Waals surface area contributed by atoms with E-state index in [1.54, 1.807) is 17.9 Å². The highest BCUT2D eigenvalue weighted by molar-refractivity contribution is 5.73. The normalized spacial score (nSPS) is 11.2. The summed E-state index contributed by atoms with van der Waals surface area (Å²) in [5.74, 6) is -0.151. The quantitative estimate of drug-likeness (QED) is 0.526. The second-order valence-electron chi connectivity index (χ2n) is 8.64. The minimum Gasteiger partial charge on any atom is -0.481 e. The van der Waals surface area contributed by atoms with Crippen LogP contribution in [-0.4, -0.2) is 25.8 Å². The molecule has 7 nitrogen and oxygen atoms in total. The monoisotopic (exact) mass is 436 g/mol. The number of hydrogen-bond acceptors (Lipinski definition) is 5. The summed E-state index contributed by atoms with van der Waals surface area (Å²) >= 11 is 0.